The van der Waals surface area contributed by atoms with Crippen molar-refractivity contribution in [3.8, 4) is 0 Å². The lowest BCUT2D eigenvalue weighted by Crippen LogP contribution is -2.68. The van der Waals surface area contributed by atoms with E-state index in [1.54, 1.807) is 7.11 Å². The average molecular weight is 563 g/mol. The van der Waals surface area contributed by atoms with Crippen molar-refractivity contribution in [2.45, 2.75) is 82.8 Å². The fraction of sp³-hybridized carbons (Fsp3) is 0.455. The lowest BCUT2D eigenvalue weighted by Gasteiger charge is -2.46. The van der Waals surface area contributed by atoms with Gasteiger partial charge < -0.3 is 28.1 Å². The third kappa shape index (κ3) is 5.83. The van der Waals surface area contributed by atoms with Crippen LogP contribution < -0.4 is 10.4 Å². The smallest absolute Gasteiger partial charge is 0.261 e. The van der Waals surface area contributed by atoms with Crippen LogP contribution in [-0.2, 0) is 34.7 Å². The Kier molecular flexibility index (Phi) is 8.64. The Morgan fingerprint density at radius 2 is 1.30 bits per heavy atom. The molecule has 7 heteroatoms. The molecule has 40 heavy (non-hydrogen) atoms. The quantitative estimate of drug-likeness (QED) is 0.341. The second kappa shape index (κ2) is 11.9. The summed E-state index contributed by atoms with van der Waals surface area (Å²) in [6.07, 6.45) is -2.24. The number of ether oxygens (including phenoxy) is 5. The van der Waals surface area contributed by atoms with Crippen LogP contribution in [0, 0.1) is 0 Å². The van der Waals surface area contributed by atoms with Gasteiger partial charge in [-0.25, -0.2) is 0 Å². The van der Waals surface area contributed by atoms with Crippen molar-refractivity contribution in [1.29, 1.82) is 0 Å². The highest BCUT2D eigenvalue weighted by atomic mass is 28.4. The summed E-state index contributed by atoms with van der Waals surface area (Å²) < 4.78 is 38.9. The Morgan fingerprint density at radius 1 is 0.775 bits per heavy atom. The van der Waals surface area contributed by atoms with E-state index in [0.717, 1.165) is 5.56 Å². The van der Waals surface area contributed by atoms with Crippen LogP contribution in [0.5, 0.6) is 0 Å². The maximum atomic E-state index is 7.22. The van der Waals surface area contributed by atoms with Crippen LogP contribution in [0.2, 0.25) is 5.04 Å². The van der Waals surface area contributed by atoms with Gasteiger partial charge in [-0.2, -0.15) is 0 Å². The second-order valence-corrected chi connectivity index (χ2v) is 16.4. The molecule has 5 atom stereocenters. The van der Waals surface area contributed by atoms with Gasteiger partial charge in [-0.3, -0.25) is 0 Å². The van der Waals surface area contributed by atoms with E-state index in [1.165, 1.54) is 10.4 Å². The summed E-state index contributed by atoms with van der Waals surface area (Å²) in [5.41, 5.74) is 1.07. The maximum absolute atomic E-state index is 7.22. The molecule has 2 aliphatic heterocycles. The molecule has 214 valence electrons. The fourth-order valence-electron chi connectivity index (χ4n) is 6.07. The Hall–Kier alpha value is -2.36. The number of hydrogen-bond donors (Lipinski definition) is 0. The zero-order valence-corrected chi connectivity index (χ0v) is 25.4. The number of methoxy groups -OCH3 is 1. The third-order valence-corrected chi connectivity index (χ3v) is 12.8. The van der Waals surface area contributed by atoms with Gasteiger partial charge >= 0.3 is 0 Å². The van der Waals surface area contributed by atoms with Gasteiger partial charge in [0.05, 0.1) is 13.2 Å². The van der Waals surface area contributed by atoms with E-state index in [0.29, 0.717) is 13.2 Å². The standard InChI is InChI=1S/C33H42O6Si/c1-32(2,3)40(25-18-12-8-13-19-25,26-20-14-9-15-21-26)36-23-27-28-29(39-33(4,5)38-28)30(31(34-6)37-27)35-22-24-16-10-7-11-17-24/h7-21,27-31H,22-23H2,1-6H3/t27-,28+,29+,30-,31-/m1/s1. The molecule has 0 N–H and O–H groups in total. The minimum atomic E-state index is -2.77. The summed E-state index contributed by atoms with van der Waals surface area (Å²) in [6.45, 7) is 11.4. The van der Waals surface area contributed by atoms with Crippen molar-refractivity contribution in [2.75, 3.05) is 13.7 Å². The molecule has 0 saturated carbocycles. The summed E-state index contributed by atoms with van der Waals surface area (Å²) in [5.74, 6) is -0.786. The van der Waals surface area contributed by atoms with Crippen LogP contribution in [0.15, 0.2) is 91.0 Å². The van der Waals surface area contributed by atoms with Crippen LogP contribution in [0.1, 0.15) is 40.2 Å². The van der Waals surface area contributed by atoms with Crippen LogP contribution in [-0.4, -0.2) is 58.5 Å². The molecular formula is C33H42O6Si. The largest absolute Gasteiger partial charge is 0.405 e. The molecule has 0 amide bonds. The van der Waals surface area contributed by atoms with Gasteiger partial charge in [0, 0.05) is 7.11 Å². The van der Waals surface area contributed by atoms with Crippen molar-refractivity contribution in [3.63, 3.8) is 0 Å². The monoisotopic (exact) mass is 562 g/mol. The highest BCUT2D eigenvalue weighted by Crippen LogP contribution is 2.41. The molecule has 2 heterocycles. The van der Waals surface area contributed by atoms with Crippen molar-refractivity contribution in [2.24, 2.45) is 0 Å². The first-order valence-corrected chi connectivity index (χ1v) is 16.0. The zero-order valence-electron chi connectivity index (χ0n) is 24.4. The predicted molar refractivity (Wildman–Crippen MR) is 158 cm³/mol. The molecule has 2 saturated heterocycles. The van der Waals surface area contributed by atoms with Gasteiger partial charge in [-0.15, -0.1) is 0 Å². The molecule has 3 aromatic rings. The van der Waals surface area contributed by atoms with E-state index >= 15 is 0 Å². The minimum absolute atomic E-state index is 0.155. The van der Waals surface area contributed by atoms with Crippen molar-refractivity contribution in [3.05, 3.63) is 96.6 Å². The Labute approximate surface area is 239 Å². The molecule has 5 rings (SSSR count). The van der Waals surface area contributed by atoms with E-state index in [1.807, 2.05) is 44.2 Å². The Bertz CT molecular complexity index is 1170. The van der Waals surface area contributed by atoms with E-state index in [-0.39, 0.29) is 17.2 Å². The molecule has 0 unspecified atom stereocenters. The van der Waals surface area contributed by atoms with Crippen LogP contribution in [0.25, 0.3) is 0 Å². The van der Waals surface area contributed by atoms with E-state index in [2.05, 4.69) is 81.4 Å². The molecule has 0 aromatic heterocycles. The van der Waals surface area contributed by atoms with Crippen molar-refractivity contribution in [1.82, 2.24) is 0 Å². The van der Waals surface area contributed by atoms with E-state index < -0.39 is 32.6 Å². The molecule has 2 aliphatic rings. The summed E-state index contributed by atoms with van der Waals surface area (Å²) in [6, 6.07) is 31.3. The summed E-state index contributed by atoms with van der Waals surface area (Å²) >= 11 is 0. The van der Waals surface area contributed by atoms with Crippen molar-refractivity contribution < 1.29 is 28.1 Å². The predicted octanol–water partition coefficient (Wildman–Crippen LogP) is 5.04. The van der Waals surface area contributed by atoms with Gasteiger partial charge in [0.2, 0.25) is 0 Å². The van der Waals surface area contributed by atoms with Gasteiger partial charge in [0.15, 0.2) is 12.1 Å². The van der Waals surface area contributed by atoms with Gasteiger partial charge in [0.25, 0.3) is 8.32 Å². The second-order valence-electron chi connectivity index (χ2n) is 12.1. The Balaban J connectivity index is 1.45. The first-order chi connectivity index (χ1) is 19.1. The minimum Gasteiger partial charge on any atom is -0.405 e. The first kappa shape index (κ1) is 29.1. The normalized spacial score (nSPS) is 26.4. The highest BCUT2D eigenvalue weighted by Gasteiger charge is 2.57. The van der Waals surface area contributed by atoms with Crippen LogP contribution >= 0.6 is 0 Å². The zero-order chi connectivity index (χ0) is 28.4. The molecule has 0 radical (unpaired) electrons. The van der Waals surface area contributed by atoms with Gasteiger partial charge in [0.1, 0.15) is 24.4 Å². The summed E-state index contributed by atoms with van der Waals surface area (Å²) in [5, 5.41) is 2.28. The van der Waals surface area contributed by atoms with E-state index in [4.69, 9.17) is 28.1 Å². The van der Waals surface area contributed by atoms with Gasteiger partial charge in [-0.05, 0) is 34.8 Å². The topological polar surface area (TPSA) is 55.4 Å². The fourth-order valence-corrected chi connectivity index (χ4v) is 10.6. The molecule has 0 aliphatic carbocycles. The van der Waals surface area contributed by atoms with E-state index in [9.17, 15) is 0 Å². The van der Waals surface area contributed by atoms with Gasteiger partial charge in [-0.1, -0.05) is 112 Å². The molecule has 2 fully saturated rings. The molecule has 0 bridgehead atoms. The maximum Gasteiger partial charge on any atom is 0.261 e. The summed E-state index contributed by atoms with van der Waals surface area (Å²) in [4.78, 5) is 0. The number of rotatable bonds is 9. The van der Waals surface area contributed by atoms with Crippen LogP contribution in [0.3, 0.4) is 0 Å². The third-order valence-electron chi connectivity index (χ3n) is 7.83. The SMILES string of the molecule is CO[C@@H]1O[C@H](CO[Si](c2ccccc2)(c2ccccc2)C(C)(C)C)[C@@H]2OC(C)(C)O[C@@H]2[C@H]1OCc1ccccc1. The molecule has 3 aromatic carbocycles. The number of benzene rings is 3. The number of fused-ring (bicyclic) bond motifs is 1. The average Bonchev–Trinajstić information content (AvgIpc) is 3.28. The molecular weight excluding hydrogens is 520 g/mol. The number of hydrogen-bond acceptors (Lipinski definition) is 6. The highest BCUT2D eigenvalue weighted by molar-refractivity contribution is 6.99. The first-order valence-electron chi connectivity index (χ1n) is 14.1. The molecule has 0 spiro atoms. The molecule has 6 nitrogen and oxygen atoms in total. The summed E-state index contributed by atoms with van der Waals surface area (Å²) in [7, 11) is -1.13. The lowest BCUT2D eigenvalue weighted by molar-refractivity contribution is -0.285. The van der Waals surface area contributed by atoms with Crippen LogP contribution in [0.4, 0.5) is 0 Å². The Morgan fingerprint density at radius 3 is 1.82 bits per heavy atom. The lowest BCUT2D eigenvalue weighted by atomic mass is 9.99. The van der Waals surface area contributed by atoms with Crippen molar-refractivity contribution >= 4 is 18.7 Å².